The normalized spacial score (nSPS) is 20.8. The average Bonchev–Trinajstić information content (AvgIpc) is 3.23. The van der Waals surface area contributed by atoms with E-state index in [0.29, 0.717) is 0 Å². The number of piperazine rings is 1. The van der Waals surface area contributed by atoms with E-state index in [9.17, 15) is 0 Å². The van der Waals surface area contributed by atoms with E-state index in [1.165, 1.54) is 25.9 Å². The summed E-state index contributed by atoms with van der Waals surface area (Å²) in [5.41, 5.74) is 0. The Balaban J connectivity index is 1.68. The molecule has 0 bridgehead atoms. The minimum Gasteiger partial charge on any atom is -0.354 e. The van der Waals surface area contributed by atoms with Crippen LogP contribution in [0.4, 0.5) is 5.82 Å². The molecule has 104 valence electrons. The lowest BCUT2D eigenvalue weighted by molar-refractivity contribution is 0.247. The van der Waals surface area contributed by atoms with E-state index in [2.05, 4.69) is 37.6 Å². The first-order valence-corrected chi connectivity index (χ1v) is 8.08. The Hall–Kier alpha value is -0.680. The molecule has 0 radical (unpaired) electrons. The second-order valence-corrected chi connectivity index (χ2v) is 6.28. The zero-order chi connectivity index (χ0) is 13.2. The SMILES string of the molecule is CCCc1nc(Br)cc(N2CCN(C3CC3)CC2)n1. The summed E-state index contributed by atoms with van der Waals surface area (Å²) in [4.78, 5) is 14.2. The van der Waals surface area contributed by atoms with E-state index in [1.807, 2.05) is 6.07 Å². The van der Waals surface area contributed by atoms with Crippen molar-refractivity contribution in [1.29, 1.82) is 0 Å². The van der Waals surface area contributed by atoms with Crippen LogP contribution in [0.1, 0.15) is 32.0 Å². The molecule has 19 heavy (non-hydrogen) atoms. The fourth-order valence-electron chi connectivity index (χ4n) is 2.70. The lowest BCUT2D eigenvalue weighted by atomic mass is 10.3. The van der Waals surface area contributed by atoms with Gasteiger partial charge in [0.15, 0.2) is 0 Å². The molecule has 2 aliphatic rings. The molecule has 2 fully saturated rings. The Morgan fingerprint density at radius 1 is 1.21 bits per heavy atom. The van der Waals surface area contributed by atoms with E-state index < -0.39 is 0 Å². The van der Waals surface area contributed by atoms with Crippen LogP contribution in [0.5, 0.6) is 0 Å². The number of hydrogen-bond acceptors (Lipinski definition) is 4. The summed E-state index contributed by atoms with van der Waals surface area (Å²) < 4.78 is 0.908. The van der Waals surface area contributed by atoms with Gasteiger partial charge in [-0.25, -0.2) is 9.97 Å². The lowest BCUT2D eigenvalue weighted by Gasteiger charge is -2.35. The van der Waals surface area contributed by atoms with Gasteiger partial charge in [0.05, 0.1) is 0 Å². The molecule has 0 unspecified atom stereocenters. The molecule has 1 aliphatic carbocycles. The van der Waals surface area contributed by atoms with Crippen LogP contribution >= 0.6 is 15.9 Å². The maximum Gasteiger partial charge on any atom is 0.133 e. The van der Waals surface area contributed by atoms with Crippen LogP contribution in [-0.4, -0.2) is 47.1 Å². The van der Waals surface area contributed by atoms with Crippen molar-refractivity contribution in [3.05, 3.63) is 16.5 Å². The number of aryl methyl sites for hydroxylation is 1. The van der Waals surface area contributed by atoms with E-state index in [4.69, 9.17) is 4.98 Å². The summed E-state index contributed by atoms with van der Waals surface area (Å²) in [5.74, 6) is 2.04. The van der Waals surface area contributed by atoms with Gasteiger partial charge in [0.2, 0.25) is 0 Å². The Morgan fingerprint density at radius 3 is 2.58 bits per heavy atom. The third kappa shape index (κ3) is 3.26. The second kappa shape index (κ2) is 5.75. The van der Waals surface area contributed by atoms with Gasteiger partial charge in [-0.3, -0.25) is 4.90 Å². The summed E-state index contributed by atoms with van der Waals surface area (Å²) in [6.45, 7) is 6.69. The Bertz CT molecular complexity index is 439. The van der Waals surface area contributed by atoms with Crippen LogP contribution in [0.2, 0.25) is 0 Å². The molecule has 4 nitrogen and oxygen atoms in total. The van der Waals surface area contributed by atoms with Gasteiger partial charge in [-0.15, -0.1) is 0 Å². The van der Waals surface area contributed by atoms with Crippen molar-refractivity contribution in [2.45, 2.75) is 38.6 Å². The number of aromatic nitrogens is 2. The van der Waals surface area contributed by atoms with Crippen LogP contribution in [0, 0.1) is 0 Å². The van der Waals surface area contributed by atoms with Gasteiger partial charge in [0.25, 0.3) is 0 Å². The molecule has 1 aliphatic heterocycles. The zero-order valence-corrected chi connectivity index (χ0v) is 13.1. The molecule has 1 saturated carbocycles. The predicted octanol–water partition coefficient (Wildman–Crippen LogP) is 2.48. The molecule has 5 heteroatoms. The summed E-state index contributed by atoms with van der Waals surface area (Å²) in [5, 5.41) is 0. The average molecular weight is 325 g/mol. The highest BCUT2D eigenvalue weighted by Gasteiger charge is 2.31. The third-order valence-corrected chi connectivity index (χ3v) is 4.31. The van der Waals surface area contributed by atoms with Crippen LogP contribution in [0.15, 0.2) is 10.7 Å². The molecule has 0 amide bonds. The van der Waals surface area contributed by atoms with E-state index in [0.717, 1.165) is 48.2 Å². The Morgan fingerprint density at radius 2 is 1.95 bits per heavy atom. The highest BCUT2D eigenvalue weighted by Crippen LogP contribution is 2.28. The molecule has 2 heterocycles. The van der Waals surface area contributed by atoms with Crippen LogP contribution in [0.25, 0.3) is 0 Å². The van der Waals surface area contributed by atoms with Gasteiger partial charge in [-0.2, -0.15) is 0 Å². The lowest BCUT2D eigenvalue weighted by Crippen LogP contribution is -2.47. The van der Waals surface area contributed by atoms with Gasteiger partial charge < -0.3 is 4.90 Å². The first-order chi connectivity index (χ1) is 9.26. The first kappa shape index (κ1) is 13.3. The number of hydrogen-bond donors (Lipinski definition) is 0. The van der Waals surface area contributed by atoms with Crippen LogP contribution < -0.4 is 4.90 Å². The first-order valence-electron chi connectivity index (χ1n) is 7.28. The number of nitrogens with zero attached hydrogens (tertiary/aromatic N) is 4. The van der Waals surface area contributed by atoms with Gasteiger partial charge in [-0.1, -0.05) is 6.92 Å². The van der Waals surface area contributed by atoms with Crippen molar-refractivity contribution in [2.75, 3.05) is 31.1 Å². The Kier molecular flexibility index (Phi) is 4.03. The summed E-state index contributed by atoms with van der Waals surface area (Å²) in [7, 11) is 0. The standard InChI is InChI=1S/C14H21BrN4/c1-2-3-13-16-12(15)10-14(17-13)19-8-6-18(7-9-19)11-4-5-11/h10-11H,2-9H2,1H3. The fourth-order valence-corrected chi connectivity index (χ4v) is 3.11. The topological polar surface area (TPSA) is 32.3 Å². The van der Waals surface area contributed by atoms with Gasteiger partial charge in [0, 0.05) is 44.7 Å². The molecular weight excluding hydrogens is 304 g/mol. The molecular formula is C14H21BrN4. The molecule has 0 aromatic carbocycles. The van der Waals surface area contributed by atoms with Gasteiger partial charge in [0.1, 0.15) is 16.2 Å². The number of rotatable bonds is 4. The molecule has 3 rings (SSSR count). The van der Waals surface area contributed by atoms with Gasteiger partial charge in [-0.05, 0) is 35.2 Å². The van der Waals surface area contributed by atoms with Crippen molar-refractivity contribution in [3.8, 4) is 0 Å². The molecule has 0 atom stereocenters. The molecule has 1 aromatic rings. The van der Waals surface area contributed by atoms with E-state index in [1.54, 1.807) is 0 Å². The van der Waals surface area contributed by atoms with Crippen LogP contribution in [-0.2, 0) is 6.42 Å². The van der Waals surface area contributed by atoms with E-state index >= 15 is 0 Å². The van der Waals surface area contributed by atoms with Gasteiger partial charge >= 0.3 is 0 Å². The zero-order valence-electron chi connectivity index (χ0n) is 11.5. The minimum atomic E-state index is 0.884. The highest BCUT2D eigenvalue weighted by molar-refractivity contribution is 9.10. The quantitative estimate of drug-likeness (QED) is 0.796. The van der Waals surface area contributed by atoms with Crippen molar-refractivity contribution in [2.24, 2.45) is 0 Å². The fraction of sp³-hybridized carbons (Fsp3) is 0.714. The Labute approximate surface area is 123 Å². The van der Waals surface area contributed by atoms with Crippen molar-refractivity contribution in [1.82, 2.24) is 14.9 Å². The van der Waals surface area contributed by atoms with Crippen molar-refractivity contribution in [3.63, 3.8) is 0 Å². The summed E-state index contributed by atoms with van der Waals surface area (Å²) in [6.07, 6.45) is 4.85. The number of halogens is 1. The summed E-state index contributed by atoms with van der Waals surface area (Å²) in [6, 6.07) is 2.93. The third-order valence-electron chi connectivity index (χ3n) is 3.90. The second-order valence-electron chi connectivity index (χ2n) is 5.47. The monoisotopic (exact) mass is 324 g/mol. The molecule has 0 N–H and O–H groups in total. The molecule has 1 aromatic heterocycles. The molecule has 1 saturated heterocycles. The van der Waals surface area contributed by atoms with Crippen molar-refractivity contribution >= 4 is 21.7 Å². The number of anilines is 1. The molecule has 0 spiro atoms. The highest BCUT2D eigenvalue weighted by atomic mass is 79.9. The largest absolute Gasteiger partial charge is 0.354 e. The summed E-state index contributed by atoms with van der Waals surface area (Å²) >= 11 is 3.51. The smallest absolute Gasteiger partial charge is 0.133 e. The maximum atomic E-state index is 4.70. The predicted molar refractivity (Wildman–Crippen MR) is 80.5 cm³/mol. The minimum absolute atomic E-state index is 0.884. The van der Waals surface area contributed by atoms with E-state index in [-0.39, 0.29) is 0 Å². The van der Waals surface area contributed by atoms with Crippen LogP contribution in [0.3, 0.4) is 0 Å². The van der Waals surface area contributed by atoms with Crippen molar-refractivity contribution < 1.29 is 0 Å². The maximum absolute atomic E-state index is 4.70.